The molecule has 0 saturated heterocycles. The van der Waals surface area contributed by atoms with Gasteiger partial charge in [-0.2, -0.15) is 0 Å². The molecule has 0 aliphatic heterocycles. The van der Waals surface area contributed by atoms with E-state index in [1.807, 2.05) is 66.5 Å². The fraction of sp³-hybridized carbons (Fsp3) is 0.190. The Morgan fingerprint density at radius 2 is 1.78 bits per heavy atom. The van der Waals surface area contributed by atoms with E-state index >= 15 is 0 Å². The van der Waals surface area contributed by atoms with Crippen molar-refractivity contribution in [2.45, 2.75) is 13.0 Å². The Balaban J connectivity index is 1.57. The predicted molar refractivity (Wildman–Crippen MR) is 108 cm³/mol. The van der Waals surface area contributed by atoms with Crippen LogP contribution in [0, 0.1) is 0 Å². The molecule has 138 valence electrons. The summed E-state index contributed by atoms with van der Waals surface area (Å²) in [6.45, 7) is 1.20. The molecular formula is C21H21ClN4O. The number of benzene rings is 2. The van der Waals surface area contributed by atoms with Crippen LogP contribution in [-0.4, -0.2) is 29.5 Å². The van der Waals surface area contributed by atoms with E-state index in [4.69, 9.17) is 11.6 Å². The molecular weight excluding hydrogens is 360 g/mol. The molecule has 0 radical (unpaired) electrons. The first kappa shape index (κ1) is 18.9. The SMILES string of the molecule is CN(Cc1ccccc1)c1nccc(C(=O)NCCc2ccc(Cl)cc2)n1. The van der Waals surface area contributed by atoms with Crippen LogP contribution in [0.2, 0.25) is 5.02 Å². The minimum Gasteiger partial charge on any atom is -0.350 e. The maximum absolute atomic E-state index is 12.4. The largest absolute Gasteiger partial charge is 0.350 e. The molecule has 3 rings (SSSR count). The summed E-state index contributed by atoms with van der Waals surface area (Å²) in [5, 5.41) is 3.60. The third-order valence-corrected chi connectivity index (χ3v) is 4.34. The number of aromatic nitrogens is 2. The summed E-state index contributed by atoms with van der Waals surface area (Å²) in [5.41, 5.74) is 2.63. The topological polar surface area (TPSA) is 58.1 Å². The van der Waals surface area contributed by atoms with Crippen LogP contribution in [0.1, 0.15) is 21.6 Å². The fourth-order valence-corrected chi connectivity index (χ4v) is 2.77. The van der Waals surface area contributed by atoms with Crippen molar-refractivity contribution in [1.29, 1.82) is 0 Å². The Labute approximate surface area is 164 Å². The molecule has 1 aromatic heterocycles. The van der Waals surface area contributed by atoms with Crippen molar-refractivity contribution < 1.29 is 4.79 Å². The number of carbonyl (C=O) groups excluding carboxylic acids is 1. The van der Waals surface area contributed by atoms with E-state index in [-0.39, 0.29) is 5.91 Å². The zero-order valence-electron chi connectivity index (χ0n) is 15.1. The van der Waals surface area contributed by atoms with Crippen molar-refractivity contribution in [2.24, 2.45) is 0 Å². The van der Waals surface area contributed by atoms with Crippen LogP contribution in [0.5, 0.6) is 0 Å². The van der Waals surface area contributed by atoms with E-state index in [1.165, 1.54) is 0 Å². The van der Waals surface area contributed by atoms with Crippen molar-refractivity contribution in [3.63, 3.8) is 0 Å². The van der Waals surface area contributed by atoms with Gasteiger partial charge in [0.25, 0.3) is 5.91 Å². The monoisotopic (exact) mass is 380 g/mol. The average Bonchev–Trinajstić information content (AvgIpc) is 2.70. The molecule has 2 aromatic carbocycles. The smallest absolute Gasteiger partial charge is 0.270 e. The lowest BCUT2D eigenvalue weighted by Gasteiger charge is -2.17. The van der Waals surface area contributed by atoms with Crippen LogP contribution in [0.3, 0.4) is 0 Å². The highest BCUT2D eigenvalue weighted by molar-refractivity contribution is 6.30. The number of amides is 1. The molecule has 1 amide bonds. The third-order valence-electron chi connectivity index (χ3n) is 4.09. The molecule has 0 spiro atoms. The minimum atomic E-state index is -0.208. The van der Waals surface area contributed by atoms with Gasteiger partial charge >= 0.3 is 0 Å². The first-order valence-corrected chi connectivity index (χ1v) is 9.10. The van der Waals surface area contributed by atoms with Gasteiger partial charge in [0, 0.05) is 31.4 Å². The second-order valence-electron chi connectivity index (χ2n) is 6.22. The molecule has 27 heavy (non-hydrogen) atoms. The normalized spacial score (nSPS) is 10.4. The van der Waals surface area contributed by atoms with Crippen LogP contribution < -0.4 is 10.2 Å². The molecule has 0 bridgehead atoms. The van der Waals surface area contributed by atoms with Crippen molar-refractivity contribution in [1.82, 2.24) is 15.3 Å². The van der Waals surface area contributed by atoms with E-state index < -0.39 is 0 Å². The molecule has 3 aromatic rings. The number of hydrogen-bond acceptors (Lipinski definition) is 4. The van der Waals surface area contributed by atoms with E-state index in [0.29, 0.717) is 29.8 Å². The number of rotatable bonds is 7. The van der Waals surface area contributed by atoms with Crippen molar-refractivity contribution in [3.8, 4) is 0 Å². The van der Waals surface area contributed by atoms with Gasteiger partial charge in [-0.25, -0.2) is 9.97 Å². The second-order valence-corrected chi connectivity index (χ2v) is 6.65. The number of hydrogen-bond donors (Lipinski definition) is 1. The summed E-state index contributed by atoms with van der Waals surface area (Å²) in [7, 11) is 1.91. The van der Waals surface area contributed by atoms with E-state index in [0.717, 1.165) is 17.5 Å². The van der Waals surface area contributed by atoms with E-state index in [9.17, 15) is 4.79 Å². The van der Waals surface area contributed by atoms with Crippen molar-refractivity contribution in [3.05, 3.63) is 88.7 Å². The summed E-state index contributed by atoms with van der Waals surface area (Å²) in [6.07, 6.45) is 2.34. The lowest BCUT2D eigenvalue weighted by atomic mass is 10.1. The van der Waals surface area contributed by atoms with Gasteiger partial charge in [0.05, 0.1) is 0 Å². The molecule has 0 unspecified atom stereocenters. The number of carbonyl (C=O) groups is 1. The van der Waals surface area contributed by atoms with Gasteiger partial charge in [0.1, 0.15) is 5.69 Å². The van der Waals surface area contributed by atoms with Crippen molar-refractivity contribution >= 4 is 23.5 Å². The quantitative estimate of drug-likeness (QED) is 0.678. The van der Waals surface area contributed by atoms with Gasteiger partial charge in [0.15, 0.2) is 0 Å². The van der Waals surface area contributed by atoms with Crippen LogP contribution in [0.4, 0.5) is 5.95 Å². The number of nitrogens with zero attached hydrogens (tertiary/aromatic N) is 3. The van der Waals surface area contributed by atoms with Gasteiger partial charge in [-0.1, -0.05) is 54.1 Å². The first-order valence-electron chi connectivity index (χ1n) is 8.72. The van der Waals surface area contributed by atoms with Crippen LogP contribution >= 0.6 is 11.6 Å². The Bertz CT molecular complexity index is 884. The third kappa shape index (κ3) is 5.53. The molecule has 0 aliphatic carbocycles. The molecule has 0 atom stereocenters. The van der Waals surface area contributed by atoms with E-state index in [2.05, 4.69) is 15.3 Å². The van der Waals surface area contributed by atoms with Gasteiger partial charge < -0.3 is 10.2 Å². The highest BCUT2D eigenvalue weighted by atomic mass is 35.5. The van der Waals surface area contributed by atoms with Crippen LogP contribution in [0.15, 0.2) is 66.9 Å². The average molecular weight is 381 g/mol. The molecule has 6 heteroatoms. The van der Waals surface area contributed by atoms with Gasteiger partial charge in [0.2, 0.25) is 5.95 Å². The minimum absolute atomic E-state index is 0.208. The lowest BCUT2D eigenvalue weighted by Crippen LogP contribution is -2.27. The van der Waals surface area contributed by atoms with Crippen LogP contribution in [-0.2, 0) is 13.0 Å². The lowest BCUT2D eigenvalue weighted by molar-refractivity contribution is 0.0949. The standard InChI is InChI=1S/C21H21ClN4O/c1-26(15-17-5-3-2-4-6-17)21-24-14-12-19(25-21)20(27)23-13-11-16-7-9-18(22)10-8-16/h2-10,12,14H,11,13,15H2,1H3,(H,23,27). The van der Waals surface area contributed by atoms with Crippen LogP contribution in [0.25, 0.3) is 0 Å². The molecule has 1 N–H and O–H groups in total. The Morgan fingerprint density at radius 3 is 2.52 bits per heavy atom. The number of nitrogens with one attached hydrogen (secondary N) is 1. The van der Waals surface area contributed by atoms with Gasteiger partial charge in [-0.05, 0) is 35.7 Å². The fourth-order valence-electron chi connectivity index (χ4n) is 2.65. The van der Waals surface area contributed by atoms with Crippen molar-refractivity contribution in [2.75, 3.05) is 18.5 Å². The zero-order chi connectivity index (χ0) is 19.1. The Kier molecular flexibility index (Phi) is 6.39. The number of anilines is 1. The maximum atomic E-state index is 12.4. The second kappa shape index (κ2) is 9.14. The van der Waals surface area contributed by atoms with E-state index in [1.54, 1.807) is 12.3 Å². The summed E-state index contributed by atoms with van der Waals surface area (Å²) in [4.78, 5) is 23.0. The van der Waals surface area contributed by atoms with Gasteiger partial charge in [-0.15, -0.1) is 0 Å². The van der Waals surface area contributed by atoms with Gasteiger partial charge in [-0.3, -0.25) is 4.79 Å². The Hall–Kier alpha value is -2.92. The zero-order valence-corrected chi connectivity index (χ0v) is 15.9. The first-order chi connectivity index (χ1) is 13.1. The molecule has 0 aliphatic rings. The summed E-state index contributed by atoms with van der Waals surface area (Å²) in [5.74, 6) is 0.310. The molecule has 0 saturated carbocycles. The maximum Gasteiger partial charge on any atom is 0.270 e. The molecule has 1 heterocycles. The highest BCUT2D eigenvalue weighted by Gasteiger charge is 2.11. The summed E-state index contributed by atoms with van der Waals surface area (Å²) in [6, 6.07) is 19.3. The number of halogens is 1. The summed E-state index contributed by atoms with van der Waals surface area (Å²) < 4.78 is 0. The predicted octanol–water partition coefficient (Wildman–Crippen LogP) is 3.74. The highest BCUT2D eigenvalue weighted by Crippen LogP contribution is 2.11. The molecule has 0 fully saturated rings. The molecule has 5 nitrogen and oxygen atoms in total. The summed E-state index contributed by atoms with van der Waals surface area (Å²) >= 11 is 5.88. The Morgan fingerprint density at radius 1 is 1.04 bits per heavy atom.